The molecule has 0 amide bonds. The first-order valence-electron chi connectivity index (χ1n) is 13.5. The summed E-state index contributed by atoms with van der Waals surface area (Å²) in [7, 11) is 0. The Bertz CT molecular complexity index is 1240. The van der Waals surface area contributed by atoms with E-state index in [0.29, 0.717) is 6.42 Å². The Hall–Kier alpha value is -2.77. The summed E-state index contributed by atoms with van der Waals surface area (Å²) in [5.41, 5.74) is -4.49. The topological polar surface area (TPSA) is 140 Å². The van der Waals surface area contributed by atoms with Gasteiger partial charge in [0, 0.05) is 54.1 Å². The molecule has 8 heteroatoms. The number of carboxylic acids is 1. The van der Waals surface area contributed by atoms with Gasteiger partial charge in [-0.2, -0.15) is 0 Å². The zero-order valence-corrected chi connectivity index (χ0v) is 23.4. The van der Waals surface area contributed by atoms with Crippen LogP contribution in [0.2, 0.25) is 0 Å². The minimum atomic E-state index is -1.51. The van der Waals surface area contributed by atoms with Crippen molar-refractivity contribution in [1.29, 1.82) is 0 Å². The van der Waals surface area contributed by atoms with Crippen LogP contribution in [-0.4, -0.2) is 45.8 Å². The molecule has 1 N–H and O–H groups in total. The third-order valence-corrected chi connectivity index (χ3v) is 11.1. The van der Waals surface area contributed by atoms with Gasteiger partial charge in [-0.05, 0) is 31.1 Å². The Balaban J connectivity index is 1.81. The van der Waals surface area contributed by atoms with Crippen LogP contribution in [0.5, 0.6) is 0 Å². The van der Waals surface area contributed by atoms with Crippen LogP contribution in [0.1, 0.15) is 87.0 Å². The Morgan fingerprint density at radius 1 is 0.895 bits per heavy atom. The van der Waals surface area contributed by atoms with Crippen LogP contribution < -0.4 is 0 Å². The average Bonchev–Trinajstić information content (AvgIpc) is 3.03. The Labute approximate surface area is 223 Å². The lowest BCUT2D eigenvalue weighted by atomic mass is 9.42. The third kappa shape index (κ3) is 3.44. The van der Waals surface area contributed by atoms with E-state index < -0.39 is 62.9 Å². The van der Waals surface area contributed by atoms with Crippen molar-refractivity contribution in [2.45, 2.75) is 87.0 Å². The van der Waals surface area contributed by atoms with E-state index in [2.05, 4.69) is 0 Å². The van der Waals surface area contributed by atoms with E-state index in [1.807, 2.05) is 6.92 Å². The Kier molecular flexibility index (Phi) is 6.40. The number of carbonyl (C=O) groups excluding carboxylic acids is 6. The van der Waals surface area contributed by atoms with Crippen molar-refractivity contribution in [3.05, 3.63) is 11.1 Å². The number of fused-ring (bicyclic) bond motifs is 4. The van der Waals surface area contributed by atoms with Gasteiger partial charge in [0.05, 0.1) is 16.7 Å². The van der Waals surface area contributed by atoms with Crippen molar-refractivity contribution < 1.29 is 38.7 Å². The van der Waals surface area contributed by atoms with Crippen LogP contribution in [0.4, 0.5) is 0 Å². The van der Waals surface area contributed by atoms with Crippen LogP contribution >= 0.6 is 0 Å². The molecular formula is C30H38O8. The summed E-state index contributed by atoms with van der Waals surface area (Å²) in [5, 5.41) is 9.15. The summed E-state index contributed by atoms with van der Waals surface area (Å²) in [6.45, 7) is 11.8. The smallest absolute Gasteiger partial charge is 0.306 e. The van der Waals surface area contributed by atoms with Crippen molar-refractivity contribution in [2.75, 3.05) is 0 Å². The van der Waals surface area contributed by atoms with Crippen LogP contribution in [0.15, 0.2) is 11.1 Å². The SMILES string of the molecule is C[C@H](CC(=O)C[C@@H](C)[C@H]1CC(=O)[C@@]2(C)C3=C(C(=O)C(=O)[C@]12C)[C@]1(C)CCC(=O)C(C)(C)[C@@H]1CC3=O)C(=O)O. The van der Waals surface area contributed by atoms with Gasteiger partial charge in [0.1, 0.15) is 17.3 Å². The molecule has 0 saturated heterocycles. The molecule has 4 rings (SSSR count). The lowest BCUT2D eigenvalue weighted by Gasteiger charge is -2.57. The highest BCUT2D eigenvalue weighted by atomic mass is 16.4. The van der Waals surface area contributed by atoms with Gasteiger partial charge in [-0.3, -0.25) is 33.6 Å². The highest BCUT2D eigenvalue weighted by molar-refractivity contribution is 6.49. The highest BCUT2D eigenvalue weighted by Gasteiger charge is 2.74. The molecule has 0 aromatic heterocycles. The van der Waals surface area contributed by atoms with Gasteiger partial charge in [-0.25, -0.2) is 0 Å². The summed E-state index contributed by atoms with van der Waals surface area (Å²) in [5.74, 6) is -5.89. The number of carbonyl (C=O) groups is 7. The third-order valence-electron chi connectivity index (χ3n) is 11.1. The van der Waals surface area contributed by atoms with Gasteiger partial charge in [0.25, 0.3) is 0 Å². The largest absolute Gasteiger partial charge is 0.481 e. The molecule has 206 valence electrons. The molecular weight excluding hydrogens is 488 g/mol. The molecule has 0 spiro atoms. The molecule has 0 aromatic rings. The molecule has 4 aliphatic carbocycles. The van der Waals surface area contributed by atoms with E-state index in [9.17, 15) is 33.6 Å². The minimum Gasteiger partial charge on any atom is -0.481 e. The number of Topliss-reactive ketones (excluding diaryl/α,β-unsaturated/α-hetero) is 6. The molecule has 0 bridgehead atoms. The lowest BCUT2D eigenvalue weighted by molar-refractivity contribution is -0.156. The second kappa shape index (κ2) is 8.62. The number of allylic oxidation sites excluding steroid dienone is 2. The van der Waals surface area contributed by atoms with Crippen LogP contribution in [0, 0.1) is 45.3 Å². The minimum absolute atomic E-state index is 0.0233. The zero-order chi connectivity index (χ0) is 28.7. The number of carboxylic acid groups (broad SMARTS) is 1. The second-order valence-electron chi connectivity index (χ2n) is 13.4. The van der Waals surface area contributed by atoms with Crippen LogP contribution in [0.25, 0.3) is 0 Å². The maximum Gasteiger partial charge on any atom is 0.306 e. The van der Waals surface area contributed by atoms with Gasteiger partial charge in [-0.15, -0.1) is 0 Å². The fraction of sp³-hybridized carbons (Fsp3) is 0.700. The van der Waals surface area contributed by atoms with Crippen LogP contribution in [-0.2, 0) is 33.6 Å². The lowest BCUT2D eigenvalue weighted by Crippen LogP contribution is -2.62. The van der Waals surface area contributed by atoms with E-state index in [0.717, 1.165) is 0 Å². The van der Waals surface area contributed by atoms with Gasteiger partial charge in [0.15, 0.2) is 5.78 Å². The monoisotopic (exact) mass is 526 g/mol. The molecule has 2 saturated carbocycles. The standard InChI is InChI=1S/C30H38O8/c1-14(10-16(31)11-15(2)26(37)38)17-12-21(34)30(7)22-18(32)13-19-27(3,4)20(33)8-9-28(19,5)23(22)24(35)25(36)29(17,30)6/h14-15,17,19H,8-13H2,1-7H3,(H,37,38)/t14-,15-,17-,19+,28-,29+,30+/m1/s1. The van der Waals surface area contributed by atoms with Crippen molar-refractivity contribution >= 4 is 40.7 Å². The van der Waals surface area contributed by atoms with Crippen molar-refractivity contribution in [3.8, 4) is 0 Å². The fourth-order valence-electron chi connectivity index (χ4n) is 8.45. The van der Waals surface area contributed by atoms with Crippen molar-refractivity contribution in [2.24, 2.45) is 45.3 Å². The zero-order valence-electron chi connectivity index (χ0n) is 23.4. The van der Waals surface area contributed by atoms with Crippen LogP contribution in [0.3, 0.4) is 0 Å². The maximum atomic E-state index is 14.1. The number of aliphatic carboxylic acids is 1. The van der Waals surface area contributed by atoms with Gasteiger partial charge in [-0.1, -0.05) is 41.5 Å². The summed E-state index contributed by atoms with van der Waals surface area (Å²) >= 11 is 0. The van der Waals surface area contributed by atoms with Gasteiger partial charge < -0.3 is 5.11 Å². The Morgan fingerprint density at radius 2 is 1.50 bits per heavy atom. The first-order valence-corrected chi connectivity index (χ1v) is 13.5. The summed E-state index contributed by atoms with van der Waals surface area (Å²) in [6.07, 6.45) is 0.346. The van der Waals surface area contributed by atoms with Crippen molar-refractivity contribution in [3.63, 3.8) is 0 Å². The summed E-state index contributed by atoms with van der Waals surface area (Å²) in [6, 6.07) is 0. The molecule has 8 nitrogen and oxygen atoms in total. The predicted molar refractivity (Wildman–Crippen MR) is 136 cm³/mol. The molecule has 0 unspecified atom stereocenters. The first-order chi connectivity index (χ1) is 17.4. The molecule has 0 aliphatic heterocycles. The normalized spacial score (nSPS) is 37.9. The number of hydrogen-bond acceptors (Lipinski definition) is 7. The summed E-state index contributed by atoms with van der Waals surface area (Å²) in [4.78, 5) is 92.4. The molecule has 38 heavy (non-hydrogen) atoms. The van der Waals surface area contributed by atoms with Crippen molar-refractivity contribution in [1.82, 2.24) is 0 Å². The van der Waals surface area contributed by atoms with E-state index in [1.54, 1.807) is 34.6 Å². The molecule has 0 heterocycles. The van der Waals surface area contributed by atoms with E-state index in [4.69, 9.17) is 5.11 Å². The number of hydrogen-bond donors (Lipinski definition) is 1. The predicted octanol–water partition coefficient (Wildman–Crippen LogP) is 3.73. The molecule has 7 atom stereocenters. The average molecular weight is 527 g/mol. The van der Waals surface area contributed by atoms with Gasteiger partial charge >= 0.3 is 5.97 Å². The van der Waals surface area contributed by atoms with Gasteiger partial charge in [0.2, 0.25) is 11.6 Å². The molecule has 2 fully saturated rings. The first kappa shape index (κ1) is 28.2. The molecule has 0 aromatic carbocycles. The number of rotatable bonds is 6. The maximum absolute atomic E-state index is 14.1. The summed E-state index contributed by atoms with van der Waals surface area (Å²) < 4.78 is 0. The molecule has 0 radical (unpaired) electrons. The Morgan fingerprint density at radius 3 is 2.08 bits per heavy atom. The highest BCUT2D eigenvalue weighted by Crippen LogP contribution is 2.68. The second-order valence-corrected chi connectivity index (χ2v) is 13.4. The van der Waals surface area contributed by atoms with E-state index in [-0.39, 0.29) is 66.4 Å². The number of ketones is 6. The quantitative estimate of drug-likeness (QED) is 0.517. The van der Waals surface area contributed by atoms with E-state index in [1.165, 1.54) is 6.92 Å². The van der Waals surface area contributed by atoms with E-state index >= 15 is 0 Å². The fourth-order valence-corrected chi connectivity index (χ4v) is 8.45. The molecule has 4 aliphatic rings.